The number of hydrogen-bond donors (Lipinski definition) is 2. The van der Waals surface area contributed by atoms with Crippen LogP contribution in [0, 0.1) is 0 Å². The van der Waals surface area contributed by atoms with Gasteiger partial charge in [0.05, 0.1) is 6.61 Å². The molecule has 1 saturated heterocycles. The predicted octanol–water partition coefficient (Wildman–Crippen LogP) is 6.01. The van der Waals surface area contributed by atoms with Gasteiger partial charge in [-0.3, -0.25) is 4.72 Å². The Hall–Kier alpha value is -1.89. The molecule has 2 aromatic rings. The van der Waals surface area contributed by atoms with Crippen LogP contribution >= 0.6 is 10.7 Å². The number of carbonyl (C=O) groups is 1. The van der Waals surface area contributed by atoms with Gasteiger partial charge in [-0.25, -0.2) is 4.79 Å². The van der Waals surface area contributed by atoms with Crippen LogP contribution in [0.15, 0.2) is 41.3 Å². The molecule has 4 rings (SSSR count). The Morgan fingerprint density at radius 1 is 1.06 bits per heavy atom. The Morgan fingerprint density at radius 2 is 1.76 bits per heavy atom. The Labute approximate surface area is 201 Å². The number of nitrogens with zero attached hydrogens (tertiary/aromatic N) is 1. The van der Waals surface area contributed by atoms with Crippen molar-refractivity contribution in [3.8, 4) is 0 Å². The van der Waals surface area contributed by atoms with Crippen molar-refractivity contribution >= 4 is 33.4 Å². The van der Waals surface area contributed by atoms with E-state index in [1.54, 1.807) is 0 Å². The highest BCUT2D eigenvalue weighted by atomic mass is 32.2. The number of fused-ring (bicyclic) bond motifs is 1. The highest BCUT2D eigenvalue weighted by Crippen LogP contribution is 2.35. The molecule has 5 nitrogen and oxygen atoms in total. The van der Waals surface area contributed by atoms with Crippen LogP contribution in [0.25, 0.3) is 10.8 Å². The monoisotopic (exact) mass is 469 g/mol. The van der Waals surface area contributed by atoms with Crippen molar-refractivity contribution in [1.82, 2.24) is 14.9 Å². The highest BCUT2D eigenvalue weighted by Gasteiger charge is 2.24. The van der Waals surface area contributed by atoms with Crippen molar-refractivity contribution in [2.75, 3.05) is 19.7 Å². The molecule has 33 heavy (non-hydrogen) atoms. The molecule has 2 atom stereocenters. The Bertz CT molecular complexity index is 965. The van der Waals surface area contributed by atoms with Gasteiger partial charge in [-0.1, -0.05) is 66.1 Å². The second-order valence-corrected chi connectivity index (χ2v) is 10.8. The first-order valence-electron chi connectivity index (χ1n) is 12.6. The molecule has 2 unspecified atom stereocenters. The number of ether oxygens (including phenoxy) is 1. The molecule has 180 valence electrons. The van der Waals surface area contributed by atoms with E-state index in [4.69, 9.17) is 4.74 Å². The molecule has 6 heteroatoms. The van der Waals surface area contributed by atoms with E-state index in [-0.39, 0.29) is 16.8 Å². The van der Waals surface area contributed by atoms with Crippen molar-refractivity contribution in [2.24, 2.45) is 0 Å². The van der Waals surface area contributed by atoms with Crippen LogP contribution in [0.4, 0.5) is 4.79 Å². The van der Waals surface area contributed by atoms with E-state index in [0.717, 1.165) is 25.9 Å². The number of benzene rings is 2. The number of rotatable bonds is 7. The average Bonchev–Trinajstić information content (AvgIpc) is 2.84. The topological polar surface area (TPSA) is 53.6 Å². The fourth-order valence-electron chi connectivity index (χ4n) is 5.26. The van der Waals surface area contributed by atoms with Crippen molar-refractivity contribution in [3.63, 3.8) is 0 Å². The molecule has 2 fully saturated rings. The van der Waals surface area contributed by atoms with Gasteiger partial charge in [0.2, 0.25) is 0 Å². The molecule has 2 aliphatic rings. The Balaban J connectivity index is 1.44. The third-order valence-corrected chi connectivity index (χ3v) is 8.58. The minimum Gasteiger partial charge on any atom is -0.450 e. The second kappa shape index (κ2) is 11.5. The van der Waals surface area contributed by atoms with Crippen LogP contribution in [0.3, 0.4) is 0 Å². The molecule has 1 aliphatic carbocycles. The number of piperidine rings is 1. The first kappa shape index (κ1) is 24.2. The number of carbonyl (C=O) groups excluding carboxylic acids is 1. The van der Waals surface area contributed by atoms with Crippen molar-refractivity contribution < 1.29 is 9.53 Å². The summed E-state index contributed by atoms with van der Waals surface area (Å²) in [5, 5.41) is 6.51. The predicted molar refractivity (Wildman–Crippen MR) is 140 cm³/mol. The molecular formula is C27H39N3O2S. The molecule has 2 N–H and O–H groups in total. The largest absolute Gasteiger partial charge is 0.450 e. The molecule has 0 radical (unpaired) electrons. The minimum atomic E-state index is -0.314. The van der Waals surface area contributed by atoms with Gasteiger partial charge in [0, 0.05) is 36.1 Å². The molecule has 1 aliphatic heterocycles. The quantitative estimate of drug-likeness (QED) is 0.488. The van der Waals surface area contributed by atoms with Crippen molar-refractivity contribution in [2.45, 2.75) is 81.8 Å². The summed E-state index contributed by atoms with van der Waals surface area (Å²) in [7, 11) is -0.314. The van der Waals surface area contributed by atoms with E-state index in [9.17, 15) is 4.79 Å². The molecule has 0 aromatic heterocycles. The summed E-state index contributed by atoms with van der Waals surface area (Å²) < 4.78 is 8.90. The van der Waals surface area contributed by atoms with Gasteiger partial charge < -0.3 is 15.0 Å². The smallest absolute Gasteiger partial charge is 0.409 e. The third-order valence-electron chi connectivity index (χ3n) is 7.07. The zero-order chi connectivity index (χ0) is 23.2. The summed E-state index contributed by atoms with van der Waals surface area (Å²) in [4.78, 5) is 15.1. The number of hydrogen-bond acceptors (Lipinski definition) is 4. The van der Waals surface area contributed by atoms with E-state index in [1.807, 2.05) is 11.8 Å². The maximum atomic E-state index is 12.0. The summed E-state index contributed by atoms with van der Waals surface area (Å²) in [6, 6.07) is 14.7. The Kier molecular flexibility index (Phi) is 8.45. The van der Waals surface area contributed by atoms with Gasteiger partial charge in [-0.2, -0.15) is 0 Å². The van der Waals surface area contributed by atoms with Gasteiger partial charge in [0.15, 0.2) is 0 Å². The second-order valence-electron chi connectivity index (χ2n) is 9.39. The molecule has 1 saturated carbocycles. The number of likely N-dealkylation sites (tertiary alicyclic amines) is 1. The highest BCUT2D eigenvalue weighted by molar-refractivity contribution is 8.12. The summed E-state index contributed by atoms with van der Waals surface area (Å²) in [5.41, 5.74) is 1.37. The van der Waals surface area contributed by atoms with Crippen LogP contribution in [0.2, 0.25) is 0 Å². The SMILES string of the molecule is C=S(NC1CCN(C(=O)OCC)CC1)c1ccc(C(C)NC2CCCCC2)c2ccccc12. The molecule has 2 aromatic carbocycles. The van der Waals surface area contributed by atoms with Crippen molar-refractivity contribution in [3.05, 3.63) is 42.0 Å². The molecule has 0 spiro atoms. The number of nitrogens with one attached hydrogen (secondary N) is 2. The Morgan fingerprint density at radius 3 is 2.45 bits per heavy atom. The number of amides is 1. The average molecular weight is 470 g/mol. The summed E-state index contributed by atoms with van der Waals surface area (Å²) in [6.45, 7) is 6.05. The van der Waals surface area contributed by atoms with Crippen LogP contribution < -0.4 is 10.0 Å². The fraction of sp³-hybridized carbons (Fsp3) is 0.556. The lowest BCUT2D eigenvalue weighted by molar-refractivity contribution is 0.0967. The van der Waals surface area contributed by atoms with Gasteiger partial charge in [-0.05, 0) is 61.9 Å². The van der Waals surface area contributed by atoms with Crippen LogP contribution in [0.5, 0.6) is 0 Å². The summed E-state index contributed by atoms with van der Waals surface area (Å²) >= 11 is 0. The van der Waals surface area contributed by atoms with E-state index in [2.05, 4.69) is 59.2 Å². The maximum absolute atomic E-state index is 12.0. The van der Waals surface area contributed by atoms with E-state index in [0.29, 0.717) is 24.7 Å². The van der Waals surface area contributed by atoms with Gasteiger partial charge >= 0.3 is 6.09 Å². The summed E-state index contributed by atoms with van der Waals surface area (Å²) in [5.74, 6) is 4.50. The van der Waals surface area contributed by atoms with Crippen LogP contribution in [-0.4, -0.2) is 48.6 Å². The van der Waals surface area contributed by atoms with Crippen LogP contribution in [-0.2, 0) is 4.74 Å². The molecule has 1 heterocycles. The first-order valence-corrected chi connectivity index (χ1v) is 14.0. The standard InChI is InChI=1S/C27H39N3O2S/c1-4-32-27(31)30-18-16-22(17-19-30)29-33(3)26-15-14-23(24-12-8-9-13-25(24)26)20(2)28-21-10-6-5-7-11-21/h8-9,12-15,20-22,28-29H,3-7,10-11,16-19H2,1-2H3. The normalized spacial score (nSPS) is 20.0. The van der Waals surface area contributed by atoms with E-state index >= 15 is 0 Å². The van der Waals surface area contributed by atoms with Crippen molar-refractivity contribution in [1.29, 1.82) is 0 Å². The third kappa shape index (κ3) is 5.97. The zero-order valence-electron chi connectivity index (χ0n) is 20.1. The maximum Gasteiger partial charge on any atom is 0.409 e. The zero-order valence-corrected chi connectivity index (χ0v) is 21.0. The van der Waals surface area contributed by atoms with E-state index in [1.165, 1.54) is 53.3 Å². The lowest BCUT2D eigenvalue weighted by Gasteiger charge is -2.32. The molecular weight excluding hydrogens is 430 g/mol. The molecule has 0 bridgehead atoms. The molecule has 1 amide bonds. The first-order chi connectivity index (χ1) is 16.1. The lowest BCUT2D eigenvalue weighted by Crippen LogP contribution is -2.43. The minimum absolute atomic E-state index is 0.192. The summed E-state index contributed by atoms with van der Waals surface area (Å²) in [6.07, 6.45) is 8.32. The lowest BCUT2D eigenvalue weighted by atomic mass is 9.93. The van der Waals surface area contributed by atoms with Gasteiger partial charge in [0.25, 0.3) is 0 Å². The fourth-order valence-corrected chi connectivity index (χ4v) is 6.70. The van der Waals surface area contributed by atoms with Crippen LogP contribution in [0.1, 0.15) is 70.4 Å². The van der Waals surface area contributed by atoms with Gasteiger partial charge in [0.1, 0.15) is 0 Å². The van der Waals surface area contributed by atoms with Gasteiger partial charge in [-0.15, -0.1) is 0 Å². The van der Waals surface area contributed by atoms with E-state index < -0.39 is 0 Å².